The Bertz CT molecular complexity index is 134. The molecule has 0 aliphatic rings. The SMILES string of the molecule is CCC(C)CN(C)CCC(C)=O. The lowest BCUT2D eigenvalue weighted by Crippen LogP contribution is -2.26. The van der Waals surface area contributed by atoms with Gasteiger partial charge in [0.2, 0.25) is 0 Å². The van der Waals surface area contributed by atoms with E-state index in [4.69, 9.17) is 0 Å². The lowest BCUT2D eigenvalue weighted by Gasteiger charge is -2.19. The second-order valence-corrected chi connectivity index (χ2v) is 3.73. The highest BCUT2D eigenvalue weighted by Crippen LogP contribution is 2.02. The average Bonchev–Trinajstić information content (AvgIpc) is 2.00. The van der Waals surface area contributed by atoms with Crippen LogP contribution in [0.3, 0.4) is 0 Å². The van der Waals surface area contributed by atoms with Crippen LogP contribution in [0, 0.1) is 5.92 Å². The molecule has 0 fully saturated rings. The molecule has 2 heteroatoms. The van der Waals surface area contributed by atoms with Gasteiger partial charge in [-0.05, 0) is 19.9 Å². The van der Waals surface area contributed by atoms with Crippen LogP contribution in [0.25, 0.3) is 0 Å². The minimum atomic E-state index is 0.283. The first-order chi connectivity index (χ1) is 5.56. The molecule has 72 valence electrons. The molecular formula is C10H21NO. The van der Waals surface area contributed by atoms with E-state index in [0.717, 1.165) is 19.0 Å². The van der Waals surface area contributed by atoms with E-state index >= 15 is 0 Å². The number of Topliss-reactive ketones (excluding diaryl/α,β-unsaturated/α-hetero) is 1. The summed E-state index contributed by atoms with van der Waals surface area (Å²) in [5.74, 6) is 1.02. The highest BCUT2D eigenvalue weighted by atomic mass is 16.1. The maximum absolute atomic E-state index is 10.7. The van der Waals surface area contributed by atoms with Crippen LogP contribution in [0.2, 0.25) is 0 Å². The van der Waals surface area contributed by atoms with Crippen LogP contribution < -0.4 is 0 Å². The third-order valence-corrected chi connectivity index (χ3v) is 2.17. The van der Waals surface area contributed by atoms with E-state index in [1.165, 1.54) is 6.42 Å². The zero-order valence-electron chi connectivity index (χ0n) is 8.76. The zero-order chi connectivity index (χ0) is 9.56. The first-order valence-corrected chi connectivity index (χ1v) is 4.74. The Balaban J connectivity index is 3.45. The predicted molar refractivity (Wildman–Crippen MR) is 52.3 cm³/mol. The molecule has 0 aromatic rings. The summed E-state index contributed by atoms with van der Waals surface area (Å²) in [6.07, 6.45) is 1.90. The summed E-state index contributed by atoms with van der Waals surface area (Å²) >= 11 is 0. The zero-order valence-corrected chi connectivity index (χ0v) is 8.76. The second-order valence-electron chi connectivity index (χ2n) is 3.73. The highest BCUT2D eigenvalue weighted by Gasteiger charge is 2.04. The molecule has 0 N–H and O–H groups in total. The first-order valence-electron chi connectivity index (χ1n) is 4.74. The quantitative estimate of drug-likeness (QED) is 0.608. The van der Waals surface area contributed by atoms with Crippen molar-refractivity contribution < 1.29 is 4.79 Å². The molecule has 0 saturated carbocycles. The maximum atomic E-state index is 10.7. The van der Waals surface area contributed by atoms with Gasteiger partial charge in [-0.2, -0.15) is 0 Å². The molecule has 1 atom stereocenters. The van der Waals surface area contributed by atoms with Crippen LogP contribution in [-0.4, -0.2) is 30.8 Å². The van der Waals surface area contributed by atoms with Gasteiger partial charge in [-0.25, -0.2) is 0 Å². The third-order valence-electron chi connectivity index (χ3n) is 2.17. The fraction of sp³-hybridized carbons (Fsp3) is 0.900. The van der Waals surface area contributed by atoms with Gasteiger partial charge in [-0.1, -0.05) is 20.3 Å². The van der Waals surface area contributed by atoms with Crippen LogP contribution in [0.1, 0.15) is 33.6 Å². The monoisotopic (exact) mass is 171 g/mol. The fourth-order valence-electron chi connectivity index (χ4n) is 1.10. The highest BCUT2D eigenvalue weighted by molar-refractivity contribution is 5.75. The Kier molecular flexibility index (Phi) is 5.99. The molecule has 0 amide bonds. The number of carbonyl (C=O) groups is 1. The van der Waals surface area contributed by atoms with E-state index in [-0.39, 0.29) is 5.78 Å². The molecule has 0 bridgehead atoms. The summed E-state index contributed by atoms with van der Waals surface area (Å²) in [5.41, 5.74) is 0. The Labute approximate surface area is 75.9 Å². The summed E-state index contributed by atoms with van der Waals surface area (Å²) in [6, 6.07) is 0. The van der Waals surface area contributed by atoms with E-state index in [1.54, 1.807) is 6.92 Å². The van der Waals surface area contributed by atoms with Crippen molar-refractivity contribution in [2.75, 3.05) is 20.1 Å². The topological polar surface area (TPSA) is 20.3 Å². The van der Waals surface area contributed by atoms with Crippen LogP contribution >= 0.6 is 0 Å². The summed E-state index contributed by atoms with van der Waals surface area (Å²) in [7, 11) is 2.08. The molecule has 0 rings (SSSR count). The molecule has 0 heterocycles. The van der Waals surface area contributed by atoms with E-state index in [0.29, 0.717) is 6.42 Å². The van der Waals surface area contributed by atoms with Gasteiger partial charge in [-0.3, -0.25) is 4.79 Å². The van der Waals surface area contributed by atoms with Crippen molar-refractivity contribution in [1.29, 1.82) is 0 Å². The van der Waals surface area contributed by atoms with E-state index in [9.17, 15) is 4.79 Å². The number of nitrogens with zero attached hydrogens (tertiary/aromatic N) is 1. The van der Waals surface area contributed by atoms with E-state index < -0.39 is 0 Å². The van der Waals surface area contributed by atoms with Gasteiger partial charge in [0.1, 0.15) is 5.78 Å². The summed E-state index contributed by atoms with van der Waals surface area (Å²) in [6.45, 7) is 8.09. The van der Waals surface area contributed by atoms with Gasteiger partial charge in [0.05, 0.1) is 0 Å². The molecule has 1 unspecified atom stereocenters. The van der Waals surface area contributed by atoms with Gasteiger partial charge >= 0.3 is 0 Å². The van der Waals surface area contributed by atoms with Crippen LogP contribution in [0.15, 0.2) is 0 Å². The number of hydrogen-bond acceptors (Lipinski definition) is 2. The van der Waals surface area contributed by atoms with Gasteiger partial charge in [-0.15, -0.1) is 0 Å². The standard InChI is InChI=1S/C10H21NO/c1-5-9(2)8-11(4)7-6-10(3)12/h9H,5-8H2,1-4H3. The lowest BCUT2D eigenvalue weighted by molar-refractivity contribution is -0.117. The summed E-state index contributed by atoms with van der Waals surface area (Å²) < 4.78 is 0. The molecule has 0 aliphatic carbocycles. The molecule has 0 radical (unpaired) electrons. The molecule has 0 aromatic heterocycles. The molecule has 0 aromatic carbocycles. The molecule has 12 heavy (non-hydrogen) atoms. The number of carbonyl (C=O) groups excluding carboxylic acids is 1. The molecule has 0 spiro atoms. The third kappa shape index (κ3) is 6.35. The van der Waals surface area contributed by atoms with Crippen LogP contribution in [0.4, 0.5) is 0 Å². The lowest BCUT2D eigenvalue weighted by atomic mass is 10.1. The first kappa shape index (κ1) is 11.6. The van der Waals surface area contributed by atoms with Crippen molar-refractivity contribution in [2.24, 2.45) is 5.92 Å². The number of hydrogen-bond donors (Lipinski definition) is 0. The van der Waals surface area contributed by atoms with Crippen molar-refractivity contribution in [1.82, 2.24) is 4.90 Å². The largest absolute Gasteiger partial charge is 0.306 e. The van der Waals surface area contributed by atoms with E-state index in [2.05, 4.69) is 25.8 Å². The minimum Gasteiger partial charge on any atom is -0.306 e. The van der Waals surface area contributed by atoms with Gasteiger partial charge in [0.25, 0.3) is 0 Å². The van der Waals surface area contributed by atoms with Crippen molar-refractivity contribution in [3.63, 3.8) is 0 Å². The average molecular weight is 171 g/mol. The fourth-order valence-corrected chi connectivity index (χ4v) is 1.10. The summed E-state index contributed by atoms with van der Waals surface area (Å²) in [4.78, 5) is 12.9. The van der Waals surface area contributed by atoms with Crippen molar-refractivity contribution in [3.8, 4) is 0 Å². The second kappa shape index (κ2) is 6.18. The molecule has 0 aliphatic heterocycles. The van der Waals surface area contributed by atoms with Gasteiger partial charge in [0.15, 0.2) is 0 Å². The van der Waals surface area contributed by atoms with Crippen LogP contribution in [0.5, 0.6) is 0 Å². The van der Waals surface area contributed by atoms with Crippen LogP contribution in [-0.2, 0) is 4.79 Å². The smallest absolute Gasteiger partial charge is 0.131 e. The van der Waals surface area contributed by atoms with E-state index in [1.807, 2.05) is 0 Å². The van der Waals surface area contributed by atoms with Crippen molar-refractivity contribution in [2.45, 2.75) is 33.6 Å². The number of rotatable bonds is 6. The molecular weight excluding hydrogens is 150 g/mol. The van der Waals surface area contributed by atoms with Gasteiger partial charge in [0, 0.05) is 19.5 Å². The maximum Gasteiger partial charge on any atom is 0.131 e. The Morgan fingerprint density at radius 3 is 2.50 bits per heavy atom. The van der Waals surface area contributed by atoms with Gasteiger partial charge < -0.3 is 4.90 Å². The molecule has 0 saturated heterocycles. The number of ketones is 1. The minimum absolute atomic E-state index is 0.283. The Morgan fingerprint density at radius 2 is 2.08 bits per heavy atom. The summed E-state index contributed by atoms with van der Waals surface area (Å²) in [5, 5.41) is 0. The molecule has 2 nitrogen and oxygen atoms in total. The Hall–Kier alpha value is -0.370. The Morgan fingerprint density at radius 1 is 1.50 bits per heavy atom. The van der Waals surface area contributed by atoms with Crippen molar-refractivity contribution in [3.05, 3.63) is 0 Å². The predicted octanol–water partition coefficient (Wildman–Crippen LogP) is 1.94. The normalized spacial score (nSPS) is 13.4. The van der Waals surface area contributed by atoms with Crippen molar-refractivity contribution >= 4 is 5.78 Å².